The quantitative estimate of drug-likeness (QED) is 0.422. The Morgan fingerprint density at radius 2 is 2.03 bits per heavy atom. The number of hydrogen-bond donors (Lipinski definition) is 4. The number of aliphatic hydroxyl groups is 1. The molecule has 4 rings (SSSR count). The summed E-state index contributed by atoms with van der Waals surface area (Å²) < 4.78 is 15.0. The number of aliphatic imine (C=N–C) groups is 1. The van der Waals surface area contributed by atoms with Gasteiger partial charge in [0.2, 0.25) is 0 Å². The molecule has 2 unspecified atom stereocenters. The van der Waals surface area contributed by atoms with Gasteiger partial charge in [-0.1, -0.05) is 25.3 Å². The molecule has 1 amide bonds. The Morgan fingerprint density at radius 3 is 2.71 bits per heavy atom. The highest BCUT2D eigenvalue weighted by molar-refractivity contribution is 7.82. The normalized spacial score (nSPS) is 22.9. The molecule has 1 aliphatic carbocycles. The summed E-state index contributed by atoms with van der Waals surface area (Å²) >= 11 is 0. The van der Waals surface area contributed by atoms with E-state index in [2.05, 4.69) is 16.7 Å². The van der Waals surface area contributed by atoms with E-state index in [1.165, 1.54) is 24.8 Å². The van der Waals surface area contributed by atoms with Gasteiger partial charge in [-0.2, -0.15) is 0 Å². The van der Waals surface area contributed by atoms with Gasteiger partial charge < -0.3 is 21.5 Å². The third-order valence-corrected chi connectivity index (χ3v) is 9.03. The first-order valence-electron chi connectivity index (χ1n) is 12.7. The SMILES string of the molecule is Cc1cc(NCC(O)CN)ccc1CCS(=O)N1CCC2(CC1)N=C(C1CCCCC1)NC2=O. The summed E-state index contributed by atoms with van der Waals surface area (Å²) in [7, 11) is -1.08. The number of anilines is 1. The lowest BCUT2D eigenvalue weighted by Crippen LogP contribution is -2.49. The number of carbonyl (C=O) groups excluding carboxylic acids is 1. The van der Waals surface area contributed by atoms with Crippen LogP contribution in [0, 0.1) is 12.8 Å². The van der Waals surface area contributed by atoms with Crippen LogP contribution in [0.1, 0.15) is 56.1 Å². The molecule has 1 aromatic rings. The number of rotatable bonds is 9. The lowest BCUT2D eigenvalue weighted by Gasteiger charge is -2.34. The zero-order chi connectivity index (χ0) is 24.1. The molecular formula is C25H39N5O3S. The summed E-state index contributed by atoms with van der Waals surface area (Å²) in [6, 6.07) is 6.09. The number of carbonyl (C=O) groups is 1. The van der Waals surface area contributed by atoms with E-state index in [1.54, 1.807) is 0 Å². The summed E-state index contributed by atoms with van der Waals surface area (Å²) in [5, 5.41) is 15.9. The van der Waals surface area contributed by atoms with Crippen molar-refractivity contribution in [3.05, 3.63) is 29.3 Å². The molecule has 2 atom stereocenters. The van der Waals surface area contributed by atoms with Crippen LogP contribution in [-0.2, 0) is 22.2 Å². The van der Waals surface area contributed by atoms with Crippen molar-refractivity contribution in [2.24, 2.45) is 16.6 Å². The molecule has 0 radical (unpaired) electrons. The van der Waals surface area contributed by atoms with Crippen LogP contribution < -0.4 is 16.4 Å². The van der Waals surface area contributed by atoms with Gasteiger partial charge in [-0.25, -0.2) is 8.51 Å². The summed E-state index contributed by atoms with van der Waals surface area (Å²) in [5.74, 6) is 1.92. The lowest BCUT2D eigenvalue weighted by molar-refractivity contribution is -0.124. The van der Waals surface area contributed by atoms with Gasteiger partial charge in [0.1, 0.15) is 11.4 Å². The van der Waals surface area contributed by atoms with Crippen LogP contribution in [-0.4, -0.2) is 68.9 Å². The van der Waals surface area contributed by atoms with Crippen molar-refractivity contribution < 1.29 is 14.1 Å². The maximum Gasteiger partial charge on any atom is 0.253 e. The highest BCUT2D eigenvalue weighted by atomic mass is 32.2. The Hall–Kier alpha value is -1.81. The number of hydrogen-bond acceptors (Lipinski definition) is 6. The fraction of sp³-hybridized carbons (Fsp3) is 0.680. The van der Waals surface area contributed by atoms with Crippen molar-refractivity contribution in [3.8, 4) is 0 Å². The molecular weight excluding hydrogens is 450 g/mol. The van der Waals surface area contributed by atoms with Gasteiger partial charge in [0.25, 0.3) is 5.91 Å². The third kappa shape index (κ3) is 5.87. The summed E-state index contributed by atoms with van der Waals surface area (Å²) in [4.78, 5) is 17.7. The molecule has 1 saturated carbocycles. The smallest absolute Gasteiger partial charge is 0.253 e. The van der Waals surface area contributed by atoms with Gasteiger partial charge in [-0.05, 0) is 62.3 Å². The summed E-state index contributed by atoms with van der Waals surface area (Å²) in [5.41, 5.74) is 8.05. The van der Waals surface area contributed by atoms with E-state index in [4.69, 9.17) is 10.7 Å². The minimum Gasteiger partial charge on any atom is -0.390 e. The van der Waals surface area contributed by atoms with Crippen LogP contribution in [0.3, 0.4) is 0 Å². The molecule has 3 aliphatic rings. The molecule has 0 bridgehead atoms. The number of benzene rings is 1. The Kier molecular flexibility index (Phi) is 8.39. The number of nitrogens with one attached hydrogen (secondary N) is 2. The van der Waals surface area contributed by atoms with Gasteiger partial charge in [-0.15, -0.1) is 0 Å². The van der Waals surface area contributed by atoms with E-state index in [1.807, 2.05) is 23.4 Å². The van der Waals surface area contributed by atoms with Crippen molar-refractivity contribution >= 4 is 28.4 Å². The zero-order valence-corrected chi connectivity index (χ0v) is 21.0. The van der Waals surface area contributed by atoms with E-state index in [0.717, 1.165) is 36.3 Å². The highest BCUT2D eigenvalue weighted by Gasteiger charge is 2.47. The molecule has 1 aromatic carbocycles. The molecule has 2 heterocycles. The maximum atomic E-state index is 13.0. The summed E-state index contributed by atoms with van der Waals surface area (Å²) in [6.07, 6.45) is 7.40. The van der Waals surface area contributed by atoms with Crippen molar-refractivity contribution in [3.63, 3.8) is 0 Å². The fourth-order valence-electron chi connectivity index (χ4n) is 5.24. The molecule has 9 heteroatoms. The zero-order valence-electron chi connectivity index (χ0n) is 20.2. The Balaban J connectivity index is 1.27. The number of nitrogens with two attached hydrogens (primary N) is 1. The van der Waals surface area contributed by atoms with E-state index in [-0.39, 0.29) is 12.5 Å². The van der Waals surface area contributed by atoms with Crippen LogP contribution in [0.5, 0.6) is 0 Å². The maximum absolute atomic E-state index is 13.0. The first-order valence-corrected chi connectivity index (χ1v) is 13.9. The molecule has 1 spiro atoms. The van der Waals surface area contributed by atoms with Crippen molar-refractivity contribution in [2.75, 3.05) is 37.2 Å². The number of amidine groups is 1. The van der Waals surface area contributed by atoms with Crippen LogP contribution in [0.15, 0.2) is 23.2 Å². The Bertz CT molecular complexity index is 923. The molecule has 34 heavy (non-hydrogen) atoms. The van der Waals surface area contributed by atoms with Crippen LogP contribution in [0.25, 0.3) is 0 Å². The monoisotopic (exact) mass is 489 g/mol. The van der Waals surface area contributed by atoms with Gasteiger partial charge in [0, 0.05) is 43.5 Å². The largest absolute Gasteiger partial charge is 0.390 e. The number of aryl methyl sites for hydroxylation is 2. The number of piperidine rings is 1. The van der Waals surface area contributed by atoms with Crippen LogP contribution in [0.2, 0.25) is 0 Å². The number of nitrogens with zero attached hydrogens (tertiary/aromatic N) is 2. The Labute approximate surface area is 205 Å². The van der Waals surface area contributed by atoms with Crippen molar-refractivity contribution in [2.45, 2.75) is 69.9 Å². The second kappa shape index (κ2) is 11.3. The average Bonchev–Trinajstić information content (AvgIpc) is 3.18. The first kappa shape index (κ1) is 25.3. The minimum absolute atomic E-state index is 0.0433. The molecule has 8 nitrogen and oxygen atoms in total. The van der Waals surface area contributed by atoms with Crippen molar-refractivity contribution in [1.29, 1.82) is 0 Å². The molecule has 2 fully saturated rings. The average molecular weight is 490 g/mol. The van der Waals surface area contributed by atoms with Gasteiger partial charge >= 0.3 is 0 Å². The molecule has 188 valence electrons. The predicted octanol–water partition coefficient (Wildman–Crippen LogP) is 1.88. The van der Waals surface area contributed by atoms with Crippen LogP contribution >= 0.6 is 0 Å². The lowest BCUT2D eigenvalue weighted by atomic mass is 9.88. The van der Waals surface area contributed by atoms with E-state index in [9.17, 15) is 14.1 Å². The van der Waals surface area contributed by atoms with Gasteiger partial charge in [0.05, 0.1) is 17.1 Å². The van der Waals surface area contributed by atoms with E-state index < -0.39 is 22.6 Å². The standard InChI is InChI=1S/C25H39N5O3S/c1-18-15-21(27-17-22(31)16-26)8-7-19(18)9-14-34(33)30-12-10-25(11-13-30)24(32)28-23(29-25)20-5-3-2-4-6-20/h7-8,15,20,22,27,31H,2-6,9-14,16-17,26H2,1H3,(H,28,29,32). The highest BCUT2D eigenvalue weighted by Crippen LogP contribution is 2.34. The molecule has 5 N–H and O–H groups in total. The van der Waals surface area contributed by atoms with Gasteiger partial charge in [-0.3, -0.25) is 9.79 Å². The van der Waals surface area contributed by atoms with Crippen molar-refractivity contribution in [1.82, 2.24) is 9.62 Å². The fourth-order valence-corrected chi connectivity index (χ4v) is 6.48. The second-order valence-corrected chi connectivity index (χ2v) is 11.5. The predicted molar refractivity (Wildman–Crippen MR) is 137 cm³/mol. The first-order chi connectivity index (χ1) is 16.4. The van der Waals surface area contributed by atoms with E-state index >= 15 is 0 Å². The number of amides is 1. The summed E-state index contributed by atoms with van der Waals surface area (Å²) in [6.45, 7) is 3.96. The minimum atomic E-state index is -1.08. The number of aliphatic hydroxyl groups excluding tert-OH is 1. The molecule has 2 aliphatic heterocycles. The van der Waals surface area contributed by atoms with Gasteiger partial charge in [0.15, 0.2) is 0 Å². The molecule has 1 saturated heterocycles. The Morgan fingerprint density at radius 1 is 1.29 bits per heavy atom. The molecule has 0 aromatic heterocycles. The van der Waals surface area contributed by atoms with E-state index in [0.29, 0.717) is 44.1 Å². The topological polar surface area (TPSA) is 120 Å². The second-order valence-electron chi connectivity index (χ2n) is 9.93. The third-order valence-electron chi connectivity index (χ3n) is 7.53. The van der Waals surface area contributed by atoms with Crippen LogP contribution in [0.4, 0.5) is 5.69 Å².